The van der Waals surface area contributed by atoms with Gasteiger partial charge in [-0.15, -0.1) is 0 Å². The zero-order valence-corrected chi connectivity index (χ0v) is 9.86. The quantitative estimate of drug-likeness (QED) is 0.882. The highest BCUT2D eigenvalue weighted by atomic mass is 35.5. The first-order chi connectivity index (χ1) is 8.20. The van der Waals surface area contributed by atoms with Crippen LogP contribution in [0.15, 0.2) is 30.6 Å². The first kappa shape index (κ1) is 11.4. The number of aryl methyl sites for hydroxylation is 1. The molecule has 0 bridgehead atoms. The molecule has 0 atom stereocenters. The maximum absolute atomic E-state index is 9.08. The first-order valence-corrected chi connectivity index (χ1v) is 5.33. The molecule has 0 saturated heterocycles. The molecule has 2 rings (SSSR count). The average Bonchev–Trinajstić information content (AvgIpc) is 2.29. The van der Waals surface area contributed by atoms with E-state index in [9.17, 15) is 0 Å². The van der Waals surface area contributed by atoms with Gasteiger partial charge in [0.25, 0.3) is 0 Å². The molecule has 0 radical (unpaired) electrons. The lowest BCUT2D eigenvalue weighted by atomic mass is 10.1. The van der Waals surface area contributed by atoms with Crippen LogP contribution in [0.2, 0.25) is 5.15 Å². The molecule has 0 aliphatic heterocycles. The number of benzene rings is 1. The maximum Gasteiger partial charge on any atom is 0.150 e. The van der Waals surface area contributed by atoms with Gasteiger partial charge in [0.1, 0.15) is 11.2 Å². The molecule has 4 nitrogen and oxygen atoms in total. The summed E-state index contributed by atoms with van der Waals surface area (Å²) >= 11 is 5.74. The van der Waals surface area contributed by atoms with E-state index in [1.54, 1.807) is 6.20 Å². The first-order valence-electron chi connectivity index (χ1n) is 4.95. The van der Waals surface area contributed by atoms with E-state index in [2.05, 4.69) is 21.4 Å². The molecule has 0 amide bonds. The second kappa shape index (κ2) is 4.81. The van der Waals surface area contributed by atoms with E-state index < -0.39 is 0 Å². The number of nitrogens with one attached hydrogen (secondary N) is 1. The molecule has 2 aromatic rings. The summed E-state index contributed by atoms with van der Waals surface area (Å²) in [4.78, 5) is 7.97. The van der Waals surface area contributed by atoms with Gasteiger partial charge in [-0.3, -0.25) is 4.98 Å². The van der Waals surface area contributed by atoms with Crippen LogP contribution in [-0.4, -0.2) is 9.97 Å². The standard InChI is InChI=1S/C12H9ClN4/c1-8-3-2-4-10(9(8)5-14)16-12-7-15-6-11(13)17-12/h2-4,6-7H,1H3,(H,16,17). The topological polar surface area (TPSA) is 61.6 Å². The van der Waals surface area contributed by atoms with Crippen LogP contribution >= 0.6 is 11.6 Å². The molecule has 5 heteroatoms. The molecule has 1 heterocycles. The van der Waals surface area contributed by atoms with Crippen molar-refractivity contribution in [2.45, 2.75) is 6.92 Å². The van der Waals surface area contributed by atoms with Gasteiger partial charge in [-0.2, -0.15) is 5.26 Å². The van der Waals surface area contributed by atoms with E-state index in [1.165, 1.54) is 6.20 Å². The second-order valence-electron chi connectivity index (χ2n) is 3.46. The third-order valence-corrected chi connectivity index (χ3v) is 2.43. The van der Waals surface area contributed by atoms with Crippen LogP contribution < -0.4 is 5.32 Å². The van der Waals surface area contributed by atoms with Crippen molar-refractivity contribution in [3.63, 3.8) is 0 Å². The molecule has 0 unspecified atom stereocenters. The Morgan fingerprint density at radius 2 is 2.18 bits per heavy atom. The number of hydrogen-bond acceptors (Lipinski definition) is 4. The van der Waals surface area contributed by atoms with E-state index in [0.29, 0.717) is 22.2 Å². The number of rotatable bonds is 2. The van der Waals surface area contributed by atoms with Gasteiger partial charge in [0, 0.05) is 0 Å². The van der Waals surface area contributed by atoms with Crippen LogP contribution in [0.1, 0.15) is 11.1 Å². The minimum absolute atomic E-state index is 0.307. The van der Waals surface area contributed by atoms with Crippen molar-refractivity contribution in [3.8, 4) is 6.07 Å². The van der Waals surface area contributed by atoms with Gasteiger partial charge in [0.15, 0.2) is 5.82 Å². The lowest BCUT2D eigenvalue weighted by molar-refractivity contribution is 1.20. The van der Waals surface area contributed by atoms with E-state index in [4.69, 9.17) is 16.9 Å². The number of nitrogens with zero attached hydrogens (tertiary/aromatic N) is 3. The number of hydrogen-bond donors (Lipinski definition) is 1. The summed E-state index contributed by atoms with van der Waals surface area (Å²) in [5.74, 6) is 0.514. The van der Waals surface area contributed by atoms with E-state index >= 15 is 0 Å². The SMILES string of the molecule is Cc1cccc(Nc2cncc(Cl)n2)c1C#N. The minimum atomic E-state index is 0.307. The third kappa shape index (κ3) is 2.52. The van der Waals surface area contributed by atoms with Crippen LogP contribution in [0, 0.1) is 18.3 Å². The van der Waals surface area contributed by atoms with Gasteiger partial charge in [0.05, 0.1) is 23.6 Å². The lowest BCUT2D eigenvalue weighted by Gasteiger charge is -2.08. The third-order valence-electron chi connectivity index (χ3n) is 2.25. The highest BCUT2D eigenvalue weighted by Crippen LogP contribution is 2.22. The van der Waals surface area contributed by atoms with E-state index in [1.807, 2.05) is 25.1 Å². The van der Waals surface area contributed by atoms with Crippen molar-refractivity contribution in [2.24, 2.45) is 0 Å². The number of halogens is 1. The van der Waals surface area contributed by atoms with Crippen molar-refractivity contribution < 1.29 is 0 Å². The Kier molecular flexibility index (Phi) is 3.22. The fraction of sp³-hybridized carbons (Fsp3) is 0.0833. The summed E-state index contributed by atoms with van der Waals surface area (Å²) in [5, 5.41) is 12.4. The maximum atomic E-state index is 9.08. The smallest absolute Gasteiger partial charge is 0.150 e. The van der Waals surface area contributed by atoms with Crippen LogP contribution in [0.3, 0.4) is 0 Å². The van der Waals surface area contributed by atoms with Crippen molar-refractivity contribution in [1.82, 2.24) is 9.97 Å². The average molecular weight is 245 g/mol. The normalized spacial score (nSPS) is 9.71. The van der Waals surface area contributed by atoms with Gasteiger partial charge in [-0.05, 0) is 18.6 Å². The Labute approximate surface area is 104 Å². The molecule has 1 aromatic heterocycles. The molecule has 0 spiro atoms. The fourth-order valence-electron chi connectivity index (χ4n) is 1.46. The molecular formula is C12H9ClN4. The van der Waals surface area contributed by atoms with Crippen molar-refractivity contribution in [3.05, 3.63) is 46.9 Å². The minimum Gasteiger partial charge on any atom is -0.338 e. The van der Waals surface area contributed by atoms with Crippen molar-refractivity contribution in [1.29, 1.82) is 5.26 Å². The molecule has 1 N–H and O–H groups in total. The van der Waals surface area contributed by atoms with E-state index in [-0.39, 0.29) is 0 Å². The van der Waals surface area contributed by atoms with Crippen LogP contribution in [0.25, 0.3) is 0 Å². The number of anilines is 2. The Bertz CT molecular complexity index is 589. The van der Waals surface area contributed by atoms with Gasteiger partial charge >= 0.3 is 0 Å². The number of nitriles is 1. The largest absolute Gasteiger partial charge is 0.338 e. The van der Waals surface area contributed by atoms with Gasteiger partial charge < -0.3 is 5.32 Å². The molecule has 0 fully saturated rings. The summed E-state index contributed by atoms with van der Waals surface area (Å²) in [6, 6.07) is 7.72. The van der Waals surface area contributed by atoms with Crippen LogP contribution in [0.4, 0.5) is 11.5 Å². The monoisotopic (exact) mass is 244 g/mol. The number of aromatic nitrogens is 2. The fourth-order valence-corrected chi connectivity index (χ4v) is 1.61. The predicted octanol–water partition coefficient (Wildman–Crippen LogP) is 3.05. The second-order valence-corrected chi connectivity index (χ2v) is 3.85. The zero-order chi connectivity index (χ0) is 12.3. The molecule has 84 valence electrons. The summed E-state index contributed by atoms with van der Waals surface area (Å²) in [7, 11) is 0. The summed E-state index contributed by atoms with van der Waals surface area (Å²) in [5.41, 5.74) is 2.20. The molecule has 1 aromatic carbocycles. The molecule has 17 heavy (non-hydrogen) atoms. The highest BCUT2D eigenvalue weighted by molar-refractivity contribution is 6.29. The zero-order valence-electron chi connectivity index (χ0n) is 9.11. The molecule has 0 saturated carbocycles. The Morgan fingerprint density at radius 1 is 1.35 bits per heavy atom. The Morgan fingerprint density at radius 3 is 2.88 bits per heavy atom. The van der Waals surface area contributed by atoms with Crippen LogP contribution in [-0.2, 0) is 0 Å². The highest BCUT2D eigenvalue weighted by Gasteiger charge is 2.05. The summed E-state index contributed by atoms with van der Waals surface area (Å²) < 4.78 is 0. The van der Waals surface area contributed by atoms with Gasteiger partial charge in [0.2, 0.25) is 0 Å². The molecule has 0 aliphatic carbocycles. The van der Waals surface area contributed by atoms with Gasteiger partial charge in [-0.1, -0.05) is 23.7 Å². The van der Waals surface area contributed by atoms with Crippen molar-refractivity contribution >= 4 is 23.1 Å². The van der Waals surface area contributed by atoms with E-state index in [0.717, 1.165) is 5.56 Å². The van der Waals surface area contributed by atoms with Gasteiger partial charge in [-0.25, -0.2) is 4.98 Å². The molecular weight excluding hydrogens is 236 g/mol. The summed E-state index contributed by atoms with van der Waals surface area (Å²) in [6.45, 7) is 1.88. The lowest BCUT2D eigenvalue weighted by Crippen LogP contribution is -1.98. The Hall–Kier alpha value is -2.12. The Balaban J connectivity index is 2.37. The predicted molar refractivity (Wildman–Crippen MR) is 66.2 cm³/mol. The van der Waals surface area contributed by atoms with Crippen molar-refractivity contribution in [2.75, 3.05) is 5.32 Å². The van der Waals surface area contributed by atoms with Crippen LogP contribution in [0.5, 0.6) is 0 Å². The summed E-state index contributed by atoms with van der Waals surface area (Å²) in [6.07, 6.45) is 3.00. The molecule has 0 aliphatic rings.